The summed E-state index contributed by atoms with van der Waals surface area (Å²) in [6.45, 7) is 3.82. The van der Waals surface area contributed by atoms with Crippen LogP contribution in [0.15, 0.2) is 0 Å². The fraction of sp³-hybridized carbons (Fsp3) is 0.833. The molecule has 1 unspecified atom stereocenters. The first-order valence-electron chi connectivity index (χ1n) is 3.10. The van der Waals surface area contributed by atoms with Crippen molar-refractivity contribution in [2.24, 2.45) is 11.7 Å². The highest BCUT2D eigenvalue weighted by atomic mass is 16.1. The van der Waals surface area contributed by atoms with E-state index < -0.39 is 11.9 Å². The Labute approximate surface area is 55.4 Å². The second-order valence-corrected chi connectivity index (χ2v) is 2.28. The van der Waals surface area contributed by atoms with E-state index in [0.29, 0.717) is 0 Å². The zero-order valence-electron chi connectivity index (χ0n) is 5.85. The van der Waals surface area contributed by atoms with Crippen molar-refractivity contribution < 1.29 is 4.79 Å². The smallest absolute Gasteiger partial charge is 0.255 e. The molecule has 0 rings (SSSR count). The van der Waals surface area contributed by atoms with Gasteiger partial charge >= 0.3 is 0 Å². The van der Waals surface area contributed by atoms with E-state index in [1.807, 2.05) is 13.8 Å². The summed E-state index contributed by atoms with van der Waals surface area (Å²) in [4.78, 5) is 10.3. The lowest BCUT2D eigenvalue weighted by molar-refractivity contribution is -0.120. The summed E-state index contributed by atoms with van der Waals surface area (Å²) in [5, 5.41) is 0. The molecule has 53 valence electrons. The van der Waals surface area contributed by atoms with Crippen LogP contribution in [0.2, 0.25) is 0 Å². The van der Waals surface area contributed by atoms with E-state index in [1.54, 1.807) is 0 Å². The zero-order valence-corrected chi connectivity index (χ0v) is 5.85. The van der Waals surface area contributed by atoms with E-state index in [2.05, 4.69) is 0 Å². The van der Waals surface area contributed by atoms with Crippen LogP contribution in [-0.2, 0) is 4.79 Å². The number of rotatable bonds is 3. The van der Waals surface area contributed by atoms with Crippen molar-refractivity contribution >= 4 is 5.91 Å². The van der Waals surface area contributed by atoms with Crippen LogP contribution in [0.1, 0.15) is 20.3 Å². The summed E-state index contributed by atoms with van der Waals surface area (Å²) in [6.07, 6.45) is 0.853. The fourth-order valence-corrected chi connectivity index (χ4v) is 0.512. The monoisotopic (exact) mass is 129 g/mol. The third-order valence-corrected chi connectivity index (χ3v) is 1.56. The fourth-order valence-electron chi connectivity index (χ4n) is 0.512. The number of carbonyl (C=O) groups excluding carboxylic acids is 1. The SMILES string of the molecule is CCC(C)[C@H](N)C([NH])=O. The van der Waals surface area contributed by atoms with E-state index >= 15 is 0 Å². The summed E-state index contributed by atoms with van der Waals surface area (Å²) in [5.41, 5.74) is 12.0. The van der Waals surface area contributed by atoms with Gasteiger partial charge in [-0.25, -0.2) is 0 Å². The normalized spacial score (nSPS) is 16.8. The molecule has 0 saturated carbocycles. The second kappa shape index (κ2) is 3.45. The van der Waals surface area contributed by atoms with Crippen molar-refractivity contribution in [1.29, 1.82) is 0 Å². The van der Waals surface area contributed by atoms with Crippen LogP contribution in [0.4, 0.5) is 0 Å². The van der Waals surface area contributed by atoms with E-state index in [4.69, 9.17) is 11.5 Å². The Morgan fingerprint density at radius 1 is 1.78 bits per heavy atom. The van der Waals surface area contributed by atoms with Gasteiger partial charge in [0.05, 0.1) is 6.04 Å². The Morgan fingerprint density at radius 3 is 2.33 bits per heavy atom. The molecule has 1 amide bonds. The molecule has 0 aromatic rings. The van der Waals surface area contributed by atoms with Crippen LogP contribution in [0, 0.1) is 5.92 Å². The Bertz CT molecular complexity index is 103. The van der Waals surface area contributed by atoms with Gasteiger partial charge in [-0.15, -0.1) is 0 Å². The van der Waals surface area contributed by atoms with E-state index in [9.17, 15) is 4.79 Å². The molecule has 0 spiro atoms. The quantitative estimate of drug-likeness (QED) is 0.590. The van der Waals surface area contributed by atoms with Crippen molar-refractivity contribution in [3.63, 3.8) is 0 Å². The summed E-state index contributed by atoms with van der Waals surface area (Å²) >= 11 is 0. The van der Waals surface area contributed by atoms with Crippen LogP contribution in [0.25, 0.3) is 0 Å². The minimum Gasteiger partial charge on any atom is -0.320 e. The number of amides is 1. The molecule has 0 bridgehead atoms. The lowest BCUT2D eigenvalue weighted by Crippen LogP contribution is -2.37. The van der Waals surface area contributed by atoms with Crippen molar-refractivity contribution in [2.75, 3.05) is 0 Å². The molecule has 9 heavy (non-hydrogen) atoms. The molecule has 3 N–H and O–H groups in total. The van der Waals surface area contributed by atoms with Crippen molar-refractivity contribution in [1.82, 2.24) is 5.73 Å². The predicted molar refractivity (Wildman–Crippen MR) is 35.5 cm³/mol. The van der Waals surface area contributed by atoms with Crippen LogP contribution >= 0.6 is 0 Å². The first-order valence-corrected chi connectivity index (χ1v) is 3.10. The molecule has 0 aromatic carbocycles. The highest BCUT2D eigenvalue weighted by Gasteiger charge is 2.15. The molecule has 2 atom stereocenters. The van der Waals surface area contributed by atoms with Gasteiger partial charge < -0.3 is 5.73 Å². The molecular weight excluding hydrogens is 116 g/mol. The minimum absolute atomic E-state index is 0.134. The number of nitrogens with one attached hydrogen (secondary N) is 1. The maximum Gasteiger partial charge on any atom is 0.255 e. The van der Waals surface area contributed by atoms with Crippen LogP contribution in [0.5, 0.6) is 0 Å². The molecule has 0 heterocycles. The lowest BCUT2D eigenvalue weighted by atomic mass is 10.00. The molecule has 1 radical (unpaired) electrons. The van der Waals surface area contributed by atoms with Gasteiger partial charge in [0, 0.05) is 0 Å². The lowest BCUT2D eigenvalue weighted by Gasteiger charge is -2.12. The number of nitrogens with two attached hydrogens (primary N) is 1. The van der Waals surface area contributed by atoms with E-state index in [-0.39, 0.29) is 5.92 Å². The molecule has 3 heteroatoms. The molecule has 0 aliphatic heterocycles. The highest BCUT2D eigenvalue weighted by molar-refractivity contribution is 5.79. The highest BCUT2D eigenvalue weighted by Crippen LogP contribution is 2.03. The van der Waals surface area contributed by atoms with Gasteiger partial charge in [0.25, 0.3) is 5.91 Å². The maximum absolute atomic E-state index is 10.3. The van der Waals surface area contributed by atoms with Crippen LogP contribution in [0.3, 0.4) is 0 Å². The molecule has 0 aromatic heterocycles. The van der Waals surface area contributed by atoms with Gasteiger partial charge in [0.2, 0.25) is 0 Å². The number of hydrogen-bond acceptors (Lipinski definition) is 2. The third kappa shape index (κ3) is 2.46. The largest absolute Gasteiger partial charge is 0.320 e. The molecule has 3 nitrogen and oxygen atoms in total. The van der Waals surface area contributed by atoms with Gasteiger partial charge in [-0.1, -0.05) is 20.3 Å². The predicted octanol–water partition coefficient (Wildman–Crippen LogP) is 0.169. The summed E-state index contributed by atoms with van der Waals surface area (Å²) in [7, 11) is 0. The molecule has 0 fully saturated rings. The van der Waals surface area contributed by atoms with Gasteiger partial charge in [0.1, 0.15) is 0 Å². The minimum atomic E-state index is -0.663. The average Bonchev–Trinajstić information content (AvgIpc) is 1.84. The Hall–Kier alpha value is -0.570. The van der Waals surface area contributed by atoms with Crippen molar-refractivity contribution in [3.8, 4) is 0 Å². The Balaban J connectivity index is 3.72. The topological polar surface area (TPSA) is 66.9 Å². The third-order valence-electron chi connectivity index (χ3n) is 1.56. The van der Waals surface area contributed by atoms with Gasteiger partial charge in [-0.3, -0.25) is 10.5 Å². The van der Waals surface area contributed by atoms with E-state index in [0.717, 1.165) is 6.42 Å². The first kappa shape index (κ1) is 8.43. The standard InChI is InChI=1S/C6H13N2O/c1-3-4(2)5(7)6(8)9/h4-5,8H,3,7H2,1-2H3/t4?,5-/m0/s1. The Kier molecular flexibility index (Phi) is 3.24. The van der Waals surface area contributed by atoms with Crippen LogP contribution < -0.4 is 11.5 Å². The molecule has 0 aliphatic carbocycles. The summed E-state index contributed by atoms with van der Waals surface area (Å²) in [5.74, 6) is -0.528. The first-order chi connectivity index (χ1) is 4.09. The summed E-state index contributed by atoms with van der Waals surface area (Å²) < 4.78 is 0. The second-order valence-electron chi connectivity index (χ2n) is 2.28. The van der Waals surface area contributed by atoms with Gasteiger partial charge in [-0.05, 0) is 5.92 Å². The Morgan fingerprint density at radius 2 is 2.22 bits per heavy atom. The van der Waals surface area contributed by atoms with Crippen LogP contribution in [-0.4, -0.2) is 11.9 Å². The molecule has 0 aliphatic rings. The maximum atomic E-state index is 10.3. The number of carbonyl (C=O) groups is 1. The zero-order chi connectivity index (χ0) is 7.44. The summed E-state index contributed by atoms with van der Waals surface area (Å²) in [6, 6.07) is -0.588. The van der Waals surface area contributed by atoms with Gasteiger partial charge in [0.15, 0.2) is 0 Å². The molecular formula is C6H13N2O. The molecule has 0 saturated heterocycles. The van der Waals surface area contributed by atoms with Gasteiger partial charge in [-0.2, -0.15) is 0 Å². The van der Waals surface area contributed by atoms with Crippen molar-refractivity contribution in [3.05, 3.63) is 0 Å². The van der Waals surface area contributed by atoms with E-state index in [1.165, 1.54) is 0 Å². The number of hydrogen-bond donors (Lipinski definition) is 1. The van der Waals surface area contributed by atoms with Crippen molar-refractivity contribution in [2.45, 2.75) is 26.3 Å². The average molecular weight is 129 g/mol.